The topological polar surface area (TPSA) is 88.4 Å². The minimum atomic E-state index is -0.410. The first-order valence-corrected chi connectivity index (χ1v) is 9.65. The second kappa shape index (κ2) is 9.49. The van der Waals surface area contributed by atoms with E-state index in [1.54, 1.807) is 24.8 Å². The number of tetrazole rings is 1. The maximum absolute atomic E-state index is 11.5. The second-order valence-corrected chi connectivity index (χ2v) is 7.02. The van der Waals surface area contributed by atoms with Crippen molar-refractivity contribution in [1.82, 2.24) is 20.2 Å². The normalized spacial score (nSPS) is 10.5. The van der Waals surface area contributed by atoms with Gasteiger partial charge in [-0.2, -0.15) is 0 Å². The van der Waals surface area contributed by atoms with E-state index in [-0.39, 0.29) is 6.61 Å². The molecule has 0 radical (unpaired) electrons. The number of carbonyl (C=O) groups excluding carboxylic acids is 1. The van der Waals surface area contributed by atoms with Gasteiger partial charge in [0.2, 0.25) is 0 Å². The fraction of sp³-hybridized carbons (Fsp3) is 0.263. The molecule has 8 nitrogen and oxygen atoms in total. The summed E-state index contributed by atoms with van der Waals surface area (Å²) in [6, 6.07) is 13.3. The second-order valence-electron chi connectivity index (χ2n) is 5.78. The molecule has 0 saturated heterocycles. The van der Waals surface area contributed by atoms with E-state index in [1.165, 1.54) is 0 Å². The quantitative estimate of drug-likeness (QED) is 0.352. The van der Waals surface area contributed by atoms with Crippen LogP contribution >= 0.6 is 22.6 Å². The molecular weight excluding hydrogens is 475 g/mol. The predicted octanol–water partition coefficient (Wildman–Crippen LogP) is 2.94. The van der Waals surface area contributed by atoms with Crippen molar-refractivity contribution in [2.45, 2.75) is 13.5 Å². The molecule has 0 spiro atoms. The number of esters is 1. The molecule has 0 fully saturated rings. The number of benzene rings is 2. The fourth-order valence-corrected chi connectivity index (χ4v) is 3.18. The van der Waals surface area contributed by atoms with Gasteiger partial charge in [-0.25, -0.2) is 9.48 Å². The Labute approximate surface area is 175 Å². The highest BCUT2D eigenvalue weighted by Gasteiger charge is 2.13. The summed E-state index contributed by atoms with van der Waals surface area (Å²) in [5, 5.41) is 12.1. The number of nitrogens with zero attached hydrogens (tertiary/aromatic N) is 4. The Bertz CT molecular complexity index is 943. The molecule has 3 aromatic rings. The summed E-state index contributed by atoms with van der Waals surface area (Å²) in [6.07, 6.45) is 0. The summed E-state index contributed by atoms with van der Waals surface area (Å²) in [6.45, 7) is 2.44. The van der Waals surface area contributed by atoms with Crippen LogP contribution < -0.4 is 9.47 Å². The SMILES string of the molecule is CCOC(=O)COc1cc(I)cc(-c2nnnn2Cc2ccc(OC)cc2)c1. The van der Waals surface area contributed by atoms with Crippen LogP contribution in [0.4, 0.5) is 0 Å². The van der Waals surface area contributed by atoms with E-state index in [2.05, 4.69) is 38.1 Å². The molecule has 0 aliphatic rings. The van der Waals surface area contributed by atoms with Gasteiger partial charge in [0.25, 0.3) is 0 Å². The minimum Gasteiger partial charge on any atom is -0.497 e. The zero-order valence-corrected chi connectivity index (χ0v) is 17.6. The number of ether oxygens (including phenoxy) is 3. The van der Waals surface area contributed by atoms with E-state index >= 15 is 0 Å². The molecule has 3 rings (SSSR count). The Balaban J connectivity index is 1.80. The van der Waals surface area contributed by atoms with Crippen molar-refractivity contribution in [2.24, 2.45) is 0 Å². The molecule has 1 aromatic heterocycles. The van der Waals surface area contributed by atoms with Crippen molar-refractivity contribution in [3.05, 3.63) is 51.6 Å². The fourth-order valence-electron chi connectivity index (χ4n) is 2.54. The van der Waals surface area contributed by atoms with E-state index in [1.807, 2.05) is 36.4 Å². The van der Waals surface area contributed by atoms with Crippen LogP contribution in [0.25, 0.3) is 11.4 Å². The predicted molar refractivity (Wildman–Crippen MR) is 110 cm³/mol. The van der Waals surface area contributed by atoms with Gasteiger partial charge in [-0.3, -0.25) is 0 Å². The lowest BCUT2D eigenvalue weighted by Gasteiger charge is -2.10. The molecule has 9 heteroatoms. The molecule has 0 aliphatic carbocycles. The number of rotatable bonds is 8. The number of hydrogen-bond donors (Lipinski definition) is 0. The van der Waals surface area contributed by atoms with Gasteiger partial charge >= 0.3 is 5.97 Å². The van der Waals surface area contributed by atoms with Gasteiger partial charge in [0, 0.05) is 9.13 Å². The largest absolute Gasteiger partial charge is 0.497 e. The lowest BCUT2D eigenvalue weighted by atomic mass is 10.2. The highest BCUT2D eigenvalue weighted by molar-refractivity contribution is 14.1. The Morgan fingerprint density at radius 1 is 1.14 bits per heavy atom. The molecule has 0 unspecified atom stereocenters. The molecule has 0 N–H and O–H groups in total. The van der Waals surface area contributed by atoms with E-state index in [9.17, 15) is 4.79 Å². The van der Waals surface area contributed by atoms with Crippen molar-refractivity contribution in [1.29, 1.82) is 0 Å². The molecule has 28 heavy (non-hydrogen) atoms. The lowest BCUT2D eigenvalue weighted by molar-refractivity contribution is -0.145. The van der Waals surface area contributed by atoms with Gasteiger partial charge in [0.05, 0.1) is 20.3 Å². The minimum absolute atomic E-state index is 0.149. The molecule has 0 saturated carbocycles. The van der Waals surface area contributed by atoms with Gasteiger partial charge in [-0.15, -0.1) is 5.10 Å². The zero-order valence-electron chi connectivity index (χ0n) is 15.5. The van der Waals surface area contributed by atoms with Crippen molar-refractivity contribution in [2.75, 3.05) is 20.3 Å². The summed E-state index contributed by atoms with van der Waals surface area (Å²) >= 11 is 2.18. The molecule has 146 valence electrons. The highest BCUT2D eigenvalue weighted by Crippen LogP contribution is 2.26. The lowest BCUT2D eigenvalue weighted by Crippen LogP contribution is -2.14. The van der Waals surface area contributed by atoms with E-state index in [0.29, 0.717) is 24.7 Å². The number of hydrogen-bond acceptors (Lipinski definition) is 7. The van der Waals surface area contributed by atoms with Crippen LogP contribution in [0.15, 0.2) is 42.5 Å². The average molecular weight is 494 g/mol. The monoisotopic (exact) mass is 494 g/mol. The van der Waals surface area contributed by atoms with Crippen molar-refractivity contribution < 1.29 is 19.0 Å². The van der Waals surface area contributed by atoms with Gasteiger partial charge in [0.15, 0.2) is 12.4 Å². The molecule has 0 amide bonds. The van der Waals surface area contributed by atoms with Crippen LogP contribution in [0.2, 0.25) is 0 Å². The highest BCUT2D eigenvalue weighted by atomic mass is 127. The van der Waals surface area contributed by atoms with E-state index in [4.69, 9.17) is 14.2 Å². The number of halogens is 1. The standard InChI is InChI=1S/C19H19IN4O4/c1-3-27-18(25)12-28-17-9-14(8-15(20)10-17)19-21-22-23-24(19)11-13-4-6-16(26-2)7-5-13/h4-10H,3,11-12H2,1-2H3. The number of aromatic nitrogens is 4. The van der Waals surface area contributed by atoms with Gasteiger partial charge in [-0.1, -0.05) is 12.1 Å². The van der Waals surface area contributed by atoms with E-state index in [0.717, 1.165) is 20.4 Å². The average Bonchev–Trinajstić information content (AvgIpc) is 3.15. The smallest absolute Gasteiger partial charge is 0.344 e. The van der Waals surface area contributed by atoms with Crippen LogP contribution in [0.3, 0.4) is 0 Å². The third-order valence-electron chi connectivity index (χ3n) is 3.81. The summed E-state index contributed by atoms with van der Waals surface area (Å²) in [7, 11) is 1.63. The van der Waals surface area contributed by atoms with Gasteiger partial charge in [-0.05, 0) is 75.8 Å². The number of methoxy groups -OCH3 is 1. The third-order valence-corrected chi connectivity index (χ3v) is 4.44. The van der Waals surface area contributed by atoms with Crippen LogP contribution in [0.5, 0.6) is 11.5 Å². The Hall–Kier alpha value is -2.69. The van der Waals surface area contributed by atoms with Crippen molar-refractivity contribution >= 4 is 28.6 Å². The van der Waals surface area contributed by atoms with Crippen molar-refractivity contribution in [3.8, 4) is 22.9 Å². The third kappa shape index (κ3) is 5.18. The first-order chi connectivity index (χ1) is 13.6. The van der Waals surface area contributed by atoms with Crippen molar-refractivity contribution in [3.63, 3.8) is 0 Å². The van der Waals surface area contributed by atoms with Gasteiger partial charge < -0.3 is 14.2 Å². The Morgan fingerprint density at radius 2 is 1.93 bits per heavy atom. The maximum Gasteiger partial charge on any atom is 0.344 e. The summed E-state index contributed by atoms with van der Waals surface area (Å²) in [5.41, 5.74) is 1.84. The molecule has 0 atom stereocenters. The molecule has 1 heterocycles. The number of carbonyl (C=O) groups is 1. The van der Waals surface area contributed by atoms with Crippen LogP contribution in [-0.2, 0) is 16.1 Å². The van der Waals surface area contributed by atoms with Gasteiger partial charge in [0.1, 0.15) is 11.5 Å². The summed E-state index contributed by atoms with van der Waals surface area (Å²) < 4.78 is 18.3. The molecular formula is C19H19IN4O4. The zero-order chi connectivity index (χ0) is 19.9. The summed E-state index contributed by atoms with van der Waals surface area (Å²) in [4.78, 5) is 11.5. The molecule has 0 bridgehead atoms. The Morgan fingerprint density at radius 3 is 2.64 bits per heavy atom. The summed E-state index contributed by atoms with van der Waals surface area (Å²) in [5.74, 6) is 1.54. The Kier molecular flexibility index (Phi) is 6.80. The van der Waals surface area contributed by atoms with Crippen LogP contribution in [-0.4, -0.2) is 46.5 Å². The first-order valence-electron chi connectivity index (χ1n) is 8.57. The first kappa shape index (κ1) is 20.1. The maximum atomic E-state index is 11.5. The van der Waals surface area contributed by atoms with E-state index < -0.39 is 5.97 Å². The van der Waals surface area contributed by atoms with Crippen LogP contribution in [0, 0.1) is 3.57 Å². The molecule has 0 aliphatic heterocycles. The van der Waals surface area contributed by atoms with Crippen LogP contribution in [0.1, 0.15) is 12.5 Å². The molecule has 2 aromatic carbocycles.